The number of hydrogen-bond acceptors (Lipinski definition) is 12. The van der Waals surface area contributed by atoms with Gasteiger partial charge in [-0.1, -0.05) is 18.2 Å². The number of para-hydroxylation sites is 1. The van der Waals surface area contributed by atoms with Crippen LogP contribution in [0.25, 0.3) is 11.3 Å². The lowest BCUT2D eigenvalue weighted by molar-refractivity contribution is -0.137. The summed E-state index contributed by atoms with van der Waals surface area (Å²) in [5.74, 6) is -1.08. The summed E-state index contributed by atoms with van der Waals surface area (Å²) < 4.78 is 5.50. The smallest absolute Gasteiger partial charge is 0.255 e. The highest BCUT2D eigenvalue weighted by Gasteiger charge is 2.40. The van der Waals surface area contributed by atoms with Crippen molar-refractivity contribution in [3.8, 4) is 17.0 Å². The molecule has 0 aliphatic carbocycles. The highest BCUT2D eigenvalue weighted by atomic mass is 16.5. The minimum atomic E-state index is -0.732. The summed E-state index contributed by atoms with van der Waals surface area (Å²) in [6, 6.07) is 13.3. The molecule has 1 unspecified atom stereocenters. The number of hydrogen-bond donors (Lipinski definition) is 6. The van der Waals surface area contributed by atoms with E-state index in [0.29, 0.717) is 33.9 Å². The Kier molecular flexibility index (Phi) is 9.05. The minimum absolute atomic E-state index is 0.0907. The summed E-state index contributed by atoms with van der Waals surface area (Å²) in [5.41, 5.74) is 15.8. The molecule has 7 N–H and O–H groups in total. The number of piperidine rings is 2. The number of hydrazine groups is 1. The lowest BCUT2D eigenvalue weighted by Crippen LogP contribution is -2.52. The van der Waals surface area contributed by atoms with E-state index in [9.17, 15) is 24.3 Å². The van der Waals surface area contributed by atoms with Gasteiger partial charge in [0, 0.05) is 54.5 Å². The zero-order chi connectivity index (χ0) is 32.2. The van der Waals surface area contributed by atoms with Gasteiger partial charge in [-0.25, -0.2) is 5.43 Å². The van der Waals surface area contributed by atoms with Crippen LogP contribution in [-0.4, -0.2) is 82.3 Å². The molecule has 1 atom stereocenters. The number of anilines is 3. The van der Waals surface area contributed by atoms with Gasteiger partial charge >= 0.3 is 0 Å². The average Bonchev–Trinajstić information content (AvgIpc) is 3.38. The first kappa shape index (κ1) is 30.9. The fraction of sp³-hybridized carbons (Fsp3) is 0.355. The number of imide groups is 1. The van der Waals surface area contributed by atoms with E-state index in [-0.39, 0.29) is 62.2 Å². The van der Waals surface area contributed by atoms with E-state index < -0.39 is 11.9 Å². The highest BCUT2D eigenvalue weighted by molar-refractivity contribution is 6.06. The van der Waals surface area contributed by atoms with Crippen LogP contribution in [0.3, 0.4) is 0 Å². The van der Waals surface area contributed by atoms with Crippen LogP contribution < -0.4 is 32.1 Å². The van der Waals surface area contributed by atoms with Gasteiger partial charge in [0.25, 0.3) is 5.91 Å². The topological polar surface area (TPSA) is 204 Å². The molecule has 1 aromatic heterocycles. The monoisotopic (exact) mass is 629 g/mol. The van der Waals surface area contributed by atoms with Crippen LogP contribution in [-0.2, 0) is 25.7 Å². The maximum Gasteiger partial charge on any atom is 0.255 e. The predicted molar refractivity (Wildman–Crippen MR) is 167 cm³/mol. The number of aromatic hydroxyl groups is 1. The second kappa shape index (κ2) is 13.5. The number of benzene rings is 2. The van der Waals surface area contributed by atoms with Crippen LogP contribution in [0.1, 0.15) is 41.6 Å². The number of nitrogens with one attached hydrogen (secondary N) is 4. The molecule has 2 fully saturated rings. The SMILES string of the molecule is Nc1nnc(-c2ccccc2O)cc1N1CCC(NNCOCC(=O)Nc2cccc3c2CN(C2CCC(=O)NC2=O)C3=O)CC1. The summed E-state index contributed by atoms with van der Waals surface area (Å²) >= 11 is 0. The van der Waals surface area contributed by atoms with Crippen molar-refractivity contribution in [2.45, 2.75) is 44.3 Å². The molecule has 15 heteroatoms. The number of ether oxygens (including phenoxy) is 1. The fourth-order valence-electron chi connectivity index (χ4n) is 6.00. The standard InChI is InChI=1S/C31H35N9O6/c32-29-25(14-23(37-38-29)20-4-1-2-7-26(20)41)39-12-10-18(11-13-39)36-33-17-46-16-28(43)34-22-6-3-5-19-21(22)15-40(31(19)45)24-8-9-27(42)35-30(24)44/h1-7,14,18,24,33,36,41H,8-13,15-17H2,(H2,32,38)(H,34,43)(H,35,42,44). The number of rotatable bonds is 10. The Balaban J connectivity index is 0.930. The van der Waals surface area contributed by atoms with Gasteiger partial charge in [0.05, 0.1) is 11.4 Å². The van der Waals surface area contributed by atoms with Crippen LogP contribution in [0, 0.1) is 0 Å². The van der Waals surface area contributed by atoms with E-state index in [4.69, 9.17) is 10.5 Å². The van der Waals surface area contributed by atoms with Crippen molar-refractivity contribution in [2.75, 3.05) is 42.4 Å². The molecule has 3 aliphatic rings. The van der Waals surface area contributed by atoms with Gasteiger partial charge in [-0.05, 0) is 49.6 Å². The minimum Gasteiger partial charge on any atom is -0.507 e. The molecule has 3 aromatic rings. The van der Waals surface area contributed by atoms with Crippen molar-refractivity contribution < 1.29 is 29.0 Å². The number of phenolic OH excluding ortho intramolecular Hbond substituents is 1. The molecule has 0 bridgehead atoms. The van der Waals surface area contributed by atoms with Gasteiger partial charge in [0.2, 0.25) is 17.7 Å². The number of nitrogens with zero attached hydrogens (tertiary/aromatic N) is 4. The average molecular weight is 630 g/mol. The maximum absolute atomic E-state index is 13.0. The van der Waals surface area contributed by atoms with E-state index in [1.165, 1.54) is 4.90 Å². The van der Waals surface area contributed by atoms with Crippen molar-refractivity contribution in [3.05, 3.63) is 59.7 Å². The summed E-state index contributed by atoms with van der Waals surface area (Å²) in [4.78, 5) is 53.1. The Bertz CT molecular complexity index is 1660. The Morgan fingerprint density at radius 3 is 2.61 bits per heavy atom. The van der Waals surface area contributed by atoms with Gasteiger partial charge in [-0.2, -0.15) is 0 Å². The van der Waals surface area contributed by atoms with Gasteiger partial charge < -0.3 is 30.7 Å². The molecule has 6 rings (SSSR count). The predicted octanol–water partition coefficient (Wildman–Crippen LogP) is 0.868. The first-order valence-corrected chi connectivity index (χ1v) is 15.1. The van der Waals surface area contributed by atoms with Crippen molar-refractivity contribution in [1.29, 1.82) is 0 Å². The summed E-state index contributed by atoms with van der Waals surface area (Å²) in [6.07, 6.45) is 2.06. The van der Waals surface area contributed by atoms with Gasteiger partial charge in [-0.3, -0.25) is 29.9 Å². The van der Waals surface area contributed by atoms with E-state index >= 15 is 0 Å². The Labute approximate surface area is 264 Å². The third-order valence-corrected chi connectivity index (χ3v) is 8.39. The molecule has 46 heavy (non-hydrogen) atoms. The van der Waals surface area contributed by atoms with Crippen molar-refractivity contribution in [3.63, 3.8) is 0 Å². The molecule has 4 heterocycles. The molecule has 240 valence electrons. The van der Waals surface area contributed by atoms with Crippen molar-refractivity contribution >= 4 is 40.8 Å². The highest BCUT2D eigenvalue weighted by Crippen LogP contribution is 2.33. The van der Waals surface area contributed by atoms with Crippen molar-refractivity contribution in [1.82, 2.24) is 31.3 Å². The van der Waals surface area contributed by atoms with Crippen LogP contribution in [0.2, 0.25) is 0 Å². The van der Waals surface area contributed by atoms with E-state index in [0.717, 1.165) is 31.6 Å². The molecule has 2 aromatic carbocycles. The second-order valence-corrected chi connectivity index (χ2v) is 11.4. The lowest BCUT2D eigenvalue weighted by atomic mass is 10.0. The van der Waals surface area contributed by atoms with Crippen LogP contribution in [0.15, 0.2) is 48.5 Å². The summed E-state index contributed by atoms with van der Waals surface area (Å²) in [7, 11) is 0. The zero-order valence-corrected chi connectivity index (χ0v) is 25.0. The number of nitrogens with two attached hydrogens (primary N) is 1. The number of nitrogen functional groups attached to an aromatic ring is 1. The molecule has 0 radical (unpaired) electrons. The number of aromatic nitrogens is 2. The Morgan fingerprint density at radius 1 is 1.04 bits per heavy atom. The third-order valence-electron chi connectivity index (χ3n) is 8.39. The molecule has 0 spiro atoms. The largest absolute Gasteiger partial charge is 0.507 e. The lowest BCUT2D eigenvalue weighted by Gasteiger charge is -2.34. The Hall–Kier alpha value is -5.12. The molecule has 15 nitrogen and oxygen atoms in total. The first-order chi connectivity index (χ1) is 22.3. The molecular weight excluding hydrogens is 594 g/mol. The van der Waals surface area contributed by atoms with Gasteiger partial charge in [-0.15, -0.1) is 10.2 Å². The number of fused-ring (bicyclic) bond motifs is 1. The van der Waals surface area contributed by atoms with Gasteiger partial charge in [0.1, 0.15) is 25.1 Å². The number of phenols is 1. The Morgan fingerprint density at radius 2 is 1.83 bits per heavy atom. The molecular formula is C31H35N9O6. The molecule has 0 saturated carbocycles. The fourth-order valence-corrected chi connectivity index (χ4v) is 6.00. The number of amides is 4. The quantitative estimate of drug-likeness (QED) is 0.0800. The zero-order valence-electron chi connectivity index (χ0n) is 25.0. The van der Waals surface area contributed by atoms with Crippen LogP contribution >= 0.6 is 0 Å². The van der Waals surface area contributed by atoms with Crippen LogP contribution in [0.5, 0.6) is 5.75 Å². The van der Waals surface area contributed by atoms with Crippen molar-refractivity contribution in [2.24, 2.45) is 0 Å². The van der Waals surface area contributed by atoms with Gasteiger partial charge in [0.15, 0.2) is 5.82 Å². The normalized spacial score (nSPS) is 18.4. The summed E-state index contributed by atoms with van der Waals surface area (Å²) in [6.45, 7) is 1.49. The first-order valence-electron chi connectivity index (χ1n) is 15.1. The van der Waals surface area contributed by atoms with Crippen LogP contribution in [0.4, 0.5) is 17.2 Å². The molecule has 3 aliphatic heterocycles. The summed E-state index contributed by atoms with van der Waals surface area (Å²) in [5, 5.41) is 23.5. The molecule has 4 amide bonds. The number of carbonyl (C=O) groups excluding carboxylic acids is 4. The number of carbonyl (C=O) groups is 4. The maximum atomic E-state index is 13.0. The second-order valence-electron chi connectivity index (χ2n) is 11.4. The molecule has 2 saturated heterocycles. The van der Waals surface area contributed by atoms with E-state index in [1.807, 2.05) is 12.1 Å². The third kappa shape index (κ3) is 6.61. The van der Waals surface area contributed by atoms with E-state index in [2.05, 4.69) is 36.6 Å². The van der Waals surface area contributed by atoms with E-state index in [1.54, 1.807) is 36.4 Å².